The highest BCUT2D eigenvalue weighted by atomic mass is 35.5. The maximum atomic E-state index is 10.4. The second-order valence-corrected chi connectivity index (χ2v) is 5.67. The molecular weight excluding hydrogens is 234 g/mol. The molecule has 1 aromatic carbocycles. The lowest BCUT2D eigenvalue weighted by Gasteiger charge is -2.25. The second kappa shape index (κ2) is 5.85. The van der Waals surface area contributed by atoms with Crippen molar-refractivity contribution in [2.75, 3.05) is 13.1 Å². The Hall–Kier alpha value is -0.570. The highest BCUT2D eigenvalue weighted by Crippen LogP contribution is 2.25. The predicted octanol–water partition coefficient (Wildman–Crippen LogP) is 3.10. The van der Waals surface area contributed by atoms with Gasteiger partial charge in [-0.05, 0) is 43.5 Å². The van der Waals surface area contributed by atoms with Crippen molar-refractivity contribution in [2.45, 2.75) is 33.3 Å². The summed E-state index contributed by atoms with van der Waals surface area (Å²) in [5, 5.41) is 14.4. The maximum absolute atomic E-state index is 10.4. The van der Waals surface area contributed by atoms with Gasteiger partial charge in [-0.15, -0.1) is 0 Å². The van der Waals surface area contributed by atoms with Crippen LogP contribution in [-0.4, -0.2) is 18.2 Å². The van der Waals surface area contributed by atoms with Gasteiger partial charge in [0.2, 0.25) is 0 Å². The largest absolute Gasteiger partial charge is 0.384 e. The molecular formula is C14H22ClNO. The Balaban J connectivity index is 2.71. The van der Waals surface area contributed by atoms with Crippen molar-refractivity contribution >= 4 is 11.6 Å². The Morgan fingerprint density at radius 2 is 2.06 bits per heavy atom. The van der Waals surface area contributed by atoms with Gasteiger partial charge in [-0.3, -0.25) is 0 Å². The summed E-state index contributed by atoms with van der Waals surface area (Å²) < 4.78 is 0. The zero-order valence-corrected chi connectivity index (χ0v) is 11.8. The van der Waals surface area contributed by atoms with E-state index in [-0.39, 0.29) is 0 Å². The Bertz CT molecular complexity index is 374. The zero-order valence-electron chi connectivity index (χ0n) is 11.0. The molecule has 3 heteroatoms. The number of nitrogens with one attached hydrogen (secondary N) is 1. The number of hydrogen-bond acceptors (Lipinski definition) is 2. The van der Waals surface area contributed by atoms with Crippen molar-refractivity contribution in [1.82, 2.24) is 5.32 Å². The van der Waals surface area contributed by atoms with Crippen LogP contribution in [0, 0.1) is 12.8 Å². The third kappa shape index (κ3) is 4.30. The van der Waals surface area contributed by atoms with E-state index in [1.165, 1.54) is 0 Å². The summed E-state index contributed by atoms with van der Waals surface area (Å²) in [6.07, 6.45) is 0. The monoisotopic (exact) mass is 255 g/mol. The molecule has 0 amide bonds. The molecule has 0 heterocycles. The van der Waals surface area contributed by atoms with Crippen molar-refractivity contribution in [3.05, 3.63) is 34.3 Å². The third-order valence-electron chi connectivity index (χ3n) is 2.82. The van der Waals surface area contributed by atoms with Crippen LogP contribution in [0.2, 0.25) is 5.02 Å². The molecule has 0 aliphatic heterocycles. The Morgan fingerprint density at radius 3 is 2.59 bits per heavy atom. The first-order valence-corrected chi connectivity index (χ1v) is 6.40. The fourth-order valence-corrected chi connectivity index (χ4v) is 1.81. The van der Waals surface area contributed by atoms with Crippen molar-refractivity contribution in [3.63, 3.8) is 0 Å². The lowest BCUT2D eigenvalue weighted by Crippen LogP contribution is -2.37. The van der Waals surface area contributed by atoms with Crippen LogP contribution in [0.3, 0.4) is 0 Å². The minimum atomic E-state index is -0.883. The lowest BCUT2D eigenvalue weighted by molar-refractivity contribution is 0.0564. The standard InChI is InChI=1S/C14H22ClNO/c1-10(2)8-16-9-14(4,17)12-6-5-11(3)13(15)7-12/h5-7,10,16-17H,8-9H2,1-4H3. The number of hydrogen-bond donors (Lipinski definition) is 2. The van der Waals surface area contributed by atoms with E-state index in [9.17, 15) is 5.11 Å². The third-order valence-corrected chi connectivity index (χ3v) is 3.22. The smallest absolute Gasteiger partial charge is 0.0992 e. The minimum absolute atomic E-state index is 0.532. The molecule has 1 rings (SSSR count). The zero-order chi connectivity index (χ0) is 13.1. The van der Waals surface area contributed by atoms with Crippen LogP contribution in [-0.2, 0) is 5.60 Å². The fraction of sp³-hybridized carbons (Fsp3) is 0.571. The van der Waals surface area contributed by atoms with Crippen LogP contribution < -0.4 is 5.32 Å². The van der Waals surface area contributed by atoms with E-state index in [4.69, 9.17) is 11.6 Å². The first-order valence-electron chi connectivity index (χ1n) is 6.02. The summed E-state index contributed by atoms with van der Waals surface area (Å²) >= 11 is 6.07. The summed E-state index contributed by atoms with van der Waals surface area (Å²) in [6, 6.07) is 5.71. The van der Waals surface area contributed by atoms with E-state index in [1.54, 1.807) is 6.92 Å². The van der Waals surface area contributed by atoms with Crippen molar-refractivity contribution < 1.29 is 5.11 Å². The van der Waals surface area contributed by atoms with Gasteiger partial charge in [0, 0.05) is 11.6 Å². The summed E-state index contributed by atoms with van der Waals surface area (Å²) in [7, 11) is 0. The van der Waals surface area contributed by atoms with E-state index in [0.717, 1.165) is 17.7 Å². The predicted molar refractivity (Wildman–Crippen MR) is 73.5 cm³/mol. The molecule has 0 saturated heterocycles. The number of aryl methyl sites for hydroxylation is 1. The first-order chi connectivity index (χ1) is 7.83. The molecule has 1 atom stereocenters. The van der Waals surface area contributed by atoms with Gasteiger partial charge in [0.1, 0.15) is 0 Å². The van der Waals surface area contributed by atoms with Crippen LogP contribution >= 0.6 is 11.6 Å². The molecule has 0 spiro atoms. The lowest BCUT2D eigenvalue weighted by atomic mass is 9.95. The Kier molecular flexibility index (Phi) is 4.99. The molecule has 2 nitrogen and oxygen atoms in total. The van der Waals surface area contributed by atoms with Crippen molar-refractivity contribution in [2.24, 2.45) is 5.92 Å². The van der Waals surface area contributed by atoms with Crippen LogP contribution in [0.15, 0.2) is 18.2 Å². The van der Waals surface area contributed by atoms with E-state index >= 15 is 0 Å². The quantitative estimate of drug-likeness (QED) is 0.848. The normalized spacial score (nSPS) is 15.0. The molecule has 1 unspecified atom stereocenters. The molecule has 0 fully saturated rings. The van der Waals surface area contributed by atoms with Crippen LogP contribution in [0.1, 0.15) is 31.9 Å². The summed E-state index contributed by atoms with van der Waals surface area (Å²) in [4.78, 5) is 0. The van der Waals surface area contributed by atoms with Gasteiger partial charge in [-0.1, -0.05) is 37.6 Å². The van der Waals surface area contributed by atoms with Gasteiger partial charge < -0.3 is 10.4 Å². The molecule has 0 aliphatic carbocycles. The number of rotatable bonds is 5. The molecule has 96 valence electrons. The molecule has 0 bridgehead atoms. The summed E-state index contributed by atoms with van der Waals surface area (Å²) in [5.74, 6) is 0.576. The van der Waals surface area contributed by atoms with E-state index < -0.39 is 5.60 Å². The highest BCUT2D eigenvalue weighted by Gasteiger charge is 2.23. The molecule has 1 aromatic rings. The van der Waals surface area contributed by atoms with Crippen LogP contribution in [0.4, 0.5) is 0 Å². The van der Waals surface area contributed by atoms with Gasteiger partial charge in [-0.2, -0.15) is 0 Å². The fourth-order valence-electron chi connectivity index (χ4n) is 1.63. The molecule has 0 aromatic heterocycles. The molecule has 0 saturated carbocycles. The van der Waals surface area contributed by atoms with Gasteiger partial charge in [0.15, 0.2) is 0 Å². The number of benzene rings is 1. The molecule has 2 N–H and O–H groups in total. The summed E-state index contributed by atoms with van der Waals surface area (Å²) in [5.41, 5.74) is 0.998. The Morgan fingerprint density at radius 1 is 1.41 bits per heavy atom. The second-order valence-electron chi connectivity index (χ2n) is 5.26. The van der Waals surface area contributed by atoms with Gasteiger partial charge in [0.25, 0.3) is 0 Å². The topological polar surface area (TPSA) is 32.3 Å². The van der Waals surface area contributed by atoms with Gasteiger partial charge >= 0.3 is 0 Å². The molecule has 0 radical (unpaired) electrons. The van der Waals surface area contributed by atoms with Crippen molar-refractivity contribution in [1.29, 1.82) is 0 Å². The number of aliphatic hydroxyl groups is 1. The van der Waals surface area contributed by atoms with E-state index in [0.29, 0.717) is 17.5 Å². The average molecular weight is 256 g/mol. The average Bonchev–Trinajstić information content (AvgIpc) is 2.21. The summed E-state index contributed by atoms with van der Waals surface area (Å²) in [6.45, 7) is 9.48. The highest BCUT2D eigenvalue weighted by molar-refractivity contribution is 6.31. The Labute approximate surface area is 109 Å². The molecule has 0 aliphatic rings. The minimum Gasteiger partial charge on any atom is -0.384 e. The van der Waals surface area contributed by atoms with E-state index in [1.807, 2.05) is 25.1 Å². The first kappa shape index (κ1) is 14.5. The van der Waals surface area contributed by atoms with E-state index in [2.05, 4.69) is 19.2 Å². The van der Waals surface area contributed by atoms with Gasteiger partial charge in [0.05, 0.1) is 5.60 Å². The molecule has 17 heavy (non-hydrogen) atoms. The van der Waals surface area contributed by atoms with Gasteiger partial charge in [-0.25, -0.2) is 0 Å². The van der Waals surface area contributed by atoms with Crippen molar-refractivity contribution in [3.8, 4) is 0 Å². The van der Waals surface area contributed by atoms with Crippen LogP contribution in [0.25, 0.3) is 0 Å². The maximum Gasteiger partial charge on any atom is 0.0992 e. The SMILES string of the molecule is Cc1ccc(C(C)(O)CNCC(C)C)cc1Cl. The van der Waals surface area contributed by atoms with Crippen LogP contribution in [0.5, 0.6) is 0 Å². The number of halogens is 1.